The van der Waals surface area contributed by atoms with Crippen molar-refractivity contribution in [2.24, 2.45) is 0 Å². The van der Waals surface area contributed by atoms with Crippen molar-refractivity contribution in [2.45, 2.75) is 18.6 Å². The fourth-order valence-corrected chi connectivity index (χ4v) is 1.83. The average molecular weight is 261 g/mol. The third-order valence-electron chi connectivity index (χ3n) is 2.96. The summed E-state index contributed by atoms with van der Waals surface area (Å²) in [6.07, 6.45) is 2.12. The van der Waals surface area contributed by atoms with E-state index in [1.165, 1.54) is 0 Å². The maximum absolute atomic E-state index is 5.75. The predicted octanol–water partition coefficient (Wildman–Crippen LogP) is 3.37. The summed E-state index contributed by atoms with van der Waals surface area (Å²) in [4.78, 5) is 4.58. The van der Waals surface area contributed by atoms with E-state index in [0.29, 0.717) is 0 Å². The van der Waals surface area contributed by atoms with Crippen molar-refractivity contribution in [1.29, 1.82) is 0 Å². The zero-order valence-electron chi connectivity index (χ0n) is 11.0. The quantitative estimate of drug-likeness (QED) is 0.829. The maximum atomic E-state index is 5.75. The Hall–Kier alpha value is -1.42. The van der Waals surface area contributed by atoms with Gasteiger partial charge in [-0.3, -0.25) is 0 Å². The molecule has 18 heavy (non-hydrogen) atoms. The zero-order chi connectivity index (χ0) is 13.2. The van der Waals surface area contributed by atoms with Crippen LogP contribution in [0.2, 0.25) is 0 Å². The summed E-state index contributed by atoms with van der Waals surface area (Å²) in [5, 5.41) is 4.45. The van der Waals surface area contributed by atoms with Gasteiger partial charge in [0.1, 0.15) is 5.82 Å². The van der Waals surface area contributed by atoms with E-state index in [-0.39, 0.29) is 4.75 Å². The second-order valence-corrected chi connectivity index (χ2v) is 6.48. The fraction of sp³-hybridized carbons (Fsp3) is 0.357. The first-order valence-electron chi connectivity index (χ1n) is 5.95. The molecule has 0 fully saturated rings. The molecule has 0 atom stereocenters. The van der Waals surface area contributed by atoms with E-state index in [1.54, 1.807) is 0 Å². The molecule has 0 saturated carbocycles. The van der Waals surface area contributed by atoms with Crippen LogP contribution in [0, 0.1) is 0 Å². The molecule has 0 saturated heterocycles. The van der Waals surface area contributed by atoms with Gasteiger partial charge >= 0.3 is 0 Å². The Morgan fingerprint density at radius 1 is 1.28 bits per heavy atom. The van der Waals surface area contributed by atoms with Gasteiger partial charge in [-0.15, -0.1) is 0 Å². The van der Waals surface area contributed by atoms with E-state index in [0.717, 1.165) is 29.0 Å². The van der Waals surface area contributed by atoms with Crippen LogP contribution >= 0.6 is 11.8 Å². The molecule has 1 heterocycles. The lowest BCUT2D eigenvalue weighted by molar-refractivity contribution is 0.750. The van der Waals surface area contributed by atoms with Crippen LogP contribution < -0.4 is 11.1 Å². The Balaban J connectivity index is 2.18. The van der Waals surface area contributed by atoms with E-state index < -0.39 is 0 Å². The number of benzene rings is 1. The molecular formula is C14H19N3S. The van der Waals surface area contributed by atoms with Crippen LogP contribution in [0.1, 0.15) is 13.8 Å². The number of aromatic nitrogens is 1. The number of thioether (sulfide) groups is 1. The number of nitrogens with one attached hydrogen (secondary N) is 1. The van der Waals surface area contributed by atoms with Crippen LogP contribution in [0.3, 0.4) is 0 Å². The van der Waals surface area contributed by atoms with Gasteiger partial charge < -0.3 is 11.1 Å². The average Bonchev–Trinajstić information content (AvgIpc) is 2.36. The van der Waals surface area contributed by atoms with Gasteiger partial charge in [-0.2, -0.15) is 11.8 Å². The Kier molecular flexibility index (Phi) is 3.66. The van der Waals surface area contributed by atoms with Crippen molar-refractivity contribution in [2.75, 3.05) is 23.9 Å². The highest BCUT2D eigenvalue weighted by molar-refractivity contribution is 7.99. The number of fused-ring (bicyclic) bond motifs is 1. The number of pyridine rings is 1. The van der Waals surface area contributed by atoms with Gasteiger partial charge in [-0.25, -0.2) is 4.98 Å². The third kappa shape index (κ3) is 3.07. The van der Waals surface area contributed by atoms with Crippen LogP contribution in [0.25, 0.3) is 10.9 Å². The number of nitrogen functional groups attached to an aromatic ring is 1. The largest absolute Gasteiger partial charge is 0.399 e. The zero-order valence-corrected chi connectivity index (χ0v) is 11.8. The molecule has 3 N–H and O–H groups in total. The number of hydrogen-bond donors (Lipinski definition) is 2. The monoisotopic (exact) mass is 261 g/mol. The molecule has 1 aromatic heterocycles. The molecule has 0 unspecified atom stereocenters. The van der Waals surface area contributed by atoms with E-state index >= 15 is 0 Å². The highest BCUT2D eigenvalue weighted by atomic mass is 32.2. The second-order valence-electron chi connectivity index (χ2n) is 4.97. The van der Waals surface area contributed by atoms with E-state index in [1.807, 2.05) is 42.1 Å². The summed E-state index contributed by atoms with van der Waals surface area (Å²) in [5.74, 6) is 0.911. The van der Waals surface area contributed by atoms with Crippen molar-refractivity contribution < 1.29 is 0 Å². The molecule has 96 valence electrons. The topological polar surface area (TPSA) is 50.9 Å². The number of hydrogen-bond acceptors (Lipinski definition) is 4. The minimum Gasteiger partial charge on any atom is -0.399 e. The number of nitrogens with zero attached hydrogens (tertiary/aromatic N) is 1. The SMILES string of the molecule is CSC(C)(C)CNc1ccc2cc(N)ccc2n1. The molecule has 0 aliphatic rings. The molecule has 0 radical (unpaired) electrons. The first-order chi connectivity index (χ1) is 8.50. The number of anilines is 2. The lowest BCUT2D eigenvalue weighted by Gasteiger charge is -2.22. The normalized spacial score (nSPS) is 11.7. The van der Waals surface area contributed by atoms with Crippen molar-refractivity contribution in [3.05, 3.63) is 30.3 Å². The van der Waals surface area contributed by atoms with E-state index in [4.69, 9.17) is 5.73 Å². The van der Waals surface area contributed by atoms with Gasteiger partial charge in [-0.1, -0.05) is 0 Å². The Morgan fingerprint density at radius 2 is 2.06 bits per heavy atom. The number of rotatable bonds is 4. The summed E-state index contributed by atoms with van der Waals surface area (Å²) in [6, 6.07) is 9.82. The molecule has 0 aliphatic carbocycles. The third-order valence-corrected chi connectivity index (χ3v) is 4.21. The Morgan fingerprint density at radius 3 is 2.78 bits per heavy atom. The lowest BCUT2D eigenvalue weighted by atomic mass is 10.2. The first-order valence-corrected chi connectivity index (χ1v) is 7.18. The highest BCUT2D eigenvalue weighted by Crippen LogP contribution is 2.22. The minimum absolute atomic E-state index is 0.206. The molecule has 2 aromatic rings. The molecular weight excluding hydrogens is 242 g/mol. The summed E-state index contributed by atoms with van der Waals surface area (Å²) in [5.41, 5.74) is 7.49. The summed E-state index contributed by atoms with van der Waals surface area (Å²) in [7, 11) is 0. The maximum Gasteiger partial charge on any atom is 0.126 e. The Labute approximate surface area is 112 Å². The minimum atomic E-state index is 0.206. The molecule has 4 heteroatoms. The van der Waals surface area contributed by atoms with Crippen LogP contribution in [-0.4, -0.2) is 22.5 Å². The number of nitrogens with two attached hydrogens (primary N) is 1. The van der Waals surface area contributed by atoms with Crippen LogP contribution in [-0.2, 0) is 0 Å². The predicted molar refractivity (Wildman–Crippen MR) is 82.2 cm³/mol. The van der Waals surface area contributed by atoms with Crippen molar-refractivity contribution in [3.63, 3.8) is 0 Å². The van der Waals surface area contributed by atoms with Crippen molar-refractivity contribution in [1.82, 2.24) is 4.98 Å². The first kappa shape index (κ1) is 13.0. The van der Waals surface area contributed by atoms with Gasteiger partial charge in [0.25, 0.3) is 0 Å². The Bertz CT molecular complexity index is 552. The molecule has 0 spiro atoms. The standard InChI is InChI=1S/C14H19N3S/c1-14(2,18-3)9-16-13-7-4-10-8-11(15)5-6-12(10)17-13/h4-8H,9,15H2,1-3H3,(H,16,17). The van der Waals surface area contributed by atoms with Gasteiger partial charge in [0, 0.05) is 22.4 Å². The van der Waals surface area contributed by atoms with Gasteiger partial charge in [0.15, 0.2) is 0 Å². The van der Waals surface area contributed by atoms with Gasteiger partial charge in [0.2, 0.25) is 0 Å². The molecule has 0 bridgehead atoms. The van der Waals surface area contributed by atoms with Crippen molar-refractivity contribution >= 4 is 34.2 Å². The van der Waals surface area contributed by atoms with Gasteiger partial charge in [-0.05, 0) is 50.4 Å². The van der Waals surface area contributed by atoms with Gasteiger partial charge in [0.05, 0.1) is 5.52 Å². The summed E-state index contributed by atoms with van der Waals surface area (Å²) < 4.78 is 0.206. The summed E-state index contributed by atoms with van der Waals surface area (Å²) in [6.45, 7) is 5.32. The lowest BCUT2D eigenvalue weighted by Crippen LogP contribution is -2.26. The van der Waals surface area contributed by atoms with Crippen molar-refractivity contribution in [3.8, 4) is 0 Å². The molecule has 0 amide bonds. The smallest absolute Gasteiger partial charge is 0.126 e. The van der Waals surface area contributed by atoms with Crippen LogP contribution in [0.15, 0.2) is 30.3 Å². The summed E-state index contributed by atoms with van der Waals surface area (Å²) >= 11 is 1.85. The second kappa shape index (κ2) is 5.06. The highest BCUT2D eigenvalue weighted by Gasteiger charge is 2.15. The van der Waals surface area contributed by atoms with Crippen LogP contribution in [0.4, 0.5) is 11.5 Å². The fourth-order valence-electron chi connectivity index (χ4n) is 1.62. The van der Waals surface area contributed by atoms with E-state index in [2.05, 4.69) is 30.4 Å². The molecule has 2 rings (SSSR count). The van der Waals surface area contributed by atoms with Crippen LogP contribution in [0.5, 0.6) is 0 Å². The molecule has 0 aliphatic heterocycles. The van der Waals surface area contributed by atoms with E-state index in [9.17, 15) is 0 Å². The molecule has 3 nitrogen and oxygen atoms in total. The molecule has 1 aromatic carbocycles.